The molecule has 3 aromatic carbocycles. The van der Waals surface area contributed by atoms with E-state index in [9.17, 15) is 18.3 Å². The van der Waals surface area contributed by atoms with Crippen LogP contribution in [0.25, 0.3) is 0 Å². The van der Waals surface area contributed by atoms with Gasteiger partial charge in [-0.1, -0.05) is 76.1 Å². The Hall–Kier alpha value is -2.13. The summed E-state index contributed by atoms with van der Waals surface area (Å²) in [7, 11) is -3.90. The quantitative estimate of drug-likeness (QED) is 0.390. The van der Waals surface area contributed by atoms with Crippen LogP contribution in [0.5, 0.6) is 0 Å². The van der Waals surface area contributed by atoms with E-state index in [-0.39, 0.29) is 16.7 Å². The first-order valence-electron chi connectivity index (χ1n) is 11.0. The summed E-state index contributed by atoms with van der Waals surface area (Å²) >= 11 is 5.08. The van der Waals surface area contributed by atoms with E-state index in [1.165, 1.54) is 4.31 Å². The number of aryl methyl sites for hydroxylation is 1. The normalized spacial score (nSPS) is 21.3. The lowest BCUT2D eigenvalue weighted by atomic mass is 9.90. The van der Waals surface area contributed by atoms with E-state index >= 15 is 0 Å². The van der Waals surface area contributed by atoms with Gasteiger partial charge in [-0.05, 0) is 48.7 Å². The van der Waals surface area contributed by atoms with Gasteiger partial charge in [-0.2, -0.15) is 16.1 Å². The Morgan fingerprint density at radius 1 is 1.06 bits per heavy atom. The minimum atomic E-state index is -3.90. The van der Waals surface area contributed by atoms with E-state index < -0.39 is 28.0 Å². The SMILES string of the molecule is Cc1ccc(S(=O)(=O)N2C[C@@H](C(=O)O)[C@H](SCc3ccccc3)C[C@H]2c2cccc(Br)c2)cc1. The van der Waals surface area contributed by atoms with Gasteiger partial charge in [-0.25, -0.2) is 8.42 Å². The molecule has 0 radical (unpaired) electrons. The largest absolute Gasteiger partial charge is 0.481 e. The number of aliphatic carboxylic acids is 1. The summed E-state index contributed by atoms with van der Waals surface area (Å²) in [6, 6.07) is 23.8. The molecule has 1 aliphatic rings. The number of hydrogen-bond donors (Lipinski definition) is 1. The number of piperidine rings is 1. The molecule has 0 unspecified atom stereocenters. The number of carboxylic acids is 1. The van der Waals surface area contributed by atoms with Crippen LogP contribution in [0.4, 0.5) is 0 Å². The third-order valence-electron chi connectivity index (χ3n) is 6.11. The van der Waals surface area contributed by atoms with Gasteiger partial charge in [0.1, 0.15) is 0 Å². The number of thioether (sulfide) groups is 1. The van der Waals surface area contributed by atoms with Crippen LogP contribution in [0, 0.1) is 12.8 Å². The second-order valence-corrected chi connectivity index (χ2v) is 12.5. The molecule has 3 aromatic rings. The van der Waals surface area contributed by atoms with Crippen molar-refractivity contribution in [2.75, 3.05) is 6.54 Å². The molecule has 0 aliphatic carbocycles. The summed E-state index contributed by atoms with van der Waals surface area (Å²) in [5.41, 5.74) is 2.92. The van der Waals surface area contributed by atoms with Crippen LogP contribution < -0.4 is 0 Å². The Balaban J connectivity index is 1.71. The Bertz CT molecular complexity index is 1250. The average Bonchev–Trinajstić information content (AvgIpc) is 2.83. The molecule has 0 spiro atoms. The molecule has 3 atom stereocenters. The van der Waals surface area contributed by atoms with Crippen LogP contribution in [-0.2, 0) is 20.6 Å². The maximum Gasteiger partial charge on any atom is 0.308 e. The average molecular weight is 561 g/mol. The number of benzene rings is 3. The molecule has 0 bridgehead atoms. The predicted molar refractivity (Wildman–Crippen MR) is 139 cm³/mol. The molecular formula is C26H26BrNO4S2. The van der Waals surface area contributed by atoms with E-state index in [1.807, 2.05) is 61.5 Å². The highest BCUT2D eigenvalue weighted by molar-refractivity contribution is 9.10. The number of nitrogens with zero attached hydrogens (tertiary/aromatic N) is 1. The standard InChI is InChI=1S/C26H26BrNO4S2/c1-18-10-12-22(13-11-18)34(31,32)28-16-23(26(29)30)25(33-17-19-6-3-2-4-7-19)15-24(28)20-8-5-9-21(27)14-20/h2-14,23-25H,15-17H2,1H3,(H,29,30)/t23-,24+,25-/m1/s1. The van der Waals surface area contributed by atoms with Crippen molar-refractivity contribution in [3.63, 3.8) is 0 Å². The molecule has 4 rings (SSSR count). The Kier molecular flexibility index (Phi) is 7.82. The van der Waals surface area contributed by atoms with Gasteiger partial charge in [-0.15, -0.1) is 0 Å². The second-order valence-electron chi connectivity index (χ2n) is 8.47. The van der Waals surface area contributed by atoms with Crippen molar-refractivity contribution in [3.8, 4) is 0 Å². The zero-order valence-electron chi connectivity index (χ0n) is 18.7. The second kappa shape index (κ2) is 10.6. The first-order valence-corrected chi connectivity index (χ1v) is 14.3. The lowest BCUT2D eigenvalue weighted by Crippen LogP contribution is -2.49. The summed E-state index contributed by atoms with van der Waals surface area (Å²) in [5, 5.41) is 9.82. The fourth-order valence-corrected chi connectivity index (χ4v) is 7.69. The number of halogens is 1. The Morgan fingerprint density at radius 2 is 1.76 bits per heavy atom. The van der Waals surface area contributed by atoms with E-state index in [0.29, 0.717) is 12.2 Å². The minimum Gasteiger partial charge on any atom is -0.481 e. The molecule has 178 valence electrons. The van der Waals surface area contributed by atoms with Crippen LogP contribution in [0.2, 0.25) is 0 Å². The summed E-state index contributed by atoms with van der Waals surface area (Å²) in [6.07, 6.45) is 0.413. The van der Waals surface area contributed by atoms with Gasteiger partial charge in [0.25, 0.3) is 0 Å². The predicted octanol–water partition coefficient (Wildman–Crippen LogP) is 5.90. The first kappa shape index (κ1) is 25.0. The summed E-state index contributed by atoms with van der Waals surface area (Å²) < 4.78 is 29.7. The maximum absolute atomic E-state index is 13.7. The highest BCUT2D eigenvalue weighted by Crippen LogP contribution is 2.43. The van der Waals surface area contributed by atoms with E-state index in [2.05, 4.69) is 15.9 Å². The van der Waals surface area contributed by atoms with Crippen LogP contribution in [0.15, 0.2) is 88.2 Å². The topological polar surface area (TPSA) is 74.7 Å². The van der Waals surface area contributed by atoms with Gasteiger partial charge in [0.2, 0.25) is 10.0 Å². The summed E-state index contributed by atoms with van der Waals surface area (Å²) in [4.78, 5) is 12.5. The Labute approximate surface area is 213 Å². The van der Waals surface area contributed by atoms with E-state index in [4.69, 9.17) is 0 Å². The minimum absolute atomic E-state index is 0.0742. The molecule has 8 heteroatoms. The number of carboxylic acid groups (broad SMARTS) is 1. The maximum atomic E-state index is 13.7. The molecular weight excluding hydrogens is 534 g/mol. The monoisotopic (exact) mass is 559 g/mol. The smallest absolute Gasteiger partial charge is 0.308 e. The molecule has 1 N–H and O–H groups in total. The van der Waals surface area contributed by atoms with E-state index in [1.54, 1.807) is 36.0 Å². The van der Waals surface area contributed by atoms with Crippen molar-refractivity contribution in [1.29, 1.82) is 0 Å². The molecule has 5 nitrogen and oxygen atoms in total. The fraction of sp³-hybridized carbons (Fsp3) is 0.269. The van der Waals surface area contributed by atoms with Crippen LogP contribution in [0.3, 0.4) is 0 Å². The summed E-state index contributed by atoms with van der Waals surface area (Å²) in [6.45, 7) is 1.83. The molecule has 1 heterocycles. The molecule has 0 saturated carbocycles. The first-order chi connectivity index (χ1) is 16.3. The molecule has 1 saturated heterocycles. The molecule has 0 aromatic heterocycles. The fourth-order valence-electron chi connectivity index (χ4n) is 4.27. The van der Waals surface area contributed by atoms with Crippen molar-refractivity contribution >= 4 is 43.7 Å². The summed E-state index contributed by atoms with van der Waals surface area (Å²) in [5.74, 6) is -1.11. The van der Waals surface area contributed by atoms with Crippen molar-refractivity contribution < 1.29 is 18.3 Å². The zero-order chi connectivity index (χ0) is 24.3. The van der Waals surface area contributed by atoms with Gasteiger partial charge >= 0.3 is 5.97 Å². The van der Waals surface area contributed by atoms with Crippen LogP contribution >= 0.6 is 27.7 Å². The lowest BCUT2D eigenvalue weighted by molar-refractivity contribution is -0.143. The molecule has 1 fully saturated rings. The lowest BCUT2D eigenvalue weighted by Gasteiger charge is -2.42. The van der Waals surface area contributed by atoms with Crippen molar-refractivity contribution in [2.45, 2.75) is 35.3 Å². The molecule has 0 amide bonds. The van der Waals surface area contributed by atoms with E-state index in [0.717, 1.165) is 21.2 Å². The highest BCUT2D eigenvalue weighted by atomic mass is 79.9. The zero-order valence-corrected chi connectivity index (χ0v) is 21.9. The number of hydrogen-bond acceptors (Lipinski definition) is 4. The van der Waals surface area contributed by atoms with Gasteiger partial charge in [0, 0.05) is 22.0 Å². The van der Waals surface area contributed by atoms with Crippen molar-refractivity contribution in [2.24, 2.45) is 5.92 Å². The van der Waals surface area contributed by atoms with Crippen molar-refractivity contribution in [3.05, 3.63) is 100 Å². The number of carbonyl (C=O) groups is 1. The van der Waals surface area contributed by atoms with Gasteiger partial charge in [0.05, 0.1) is 16.9 Å². The third kappa shape index (κ3) is 5.57. The van der Waals surface area contributed by atoms with Crippen LogP contribution in [-0.4, -0.2) is 35.6 Å². The number of sulfonamides is 1. The van der Waals surface area contributed by atoms with Gasteiger partial charge in [0.15, 0.2) is 0 Å². The Morgan fingerprint density at radius 3 is 2.41 bits per heavy atom. The van der Waals surface area contributed by atoms with Gasteiger partial charge in [-0.3, -0.25) is 4.79 Å². The van der Waals surface area contributed by atoms with Crippen LogP contribution in [0.1, 0.15) is 29.2 Å². The molecule has 1 aliphatic heterocycles. The highest BCUT2D eigenvalue weighted by Gasteiger charge is 2.45. The third-order valence-corrected chi connectivity index (χ3v) is 9.95. The molecule has 34 heavy (non-hydrogen) atoms. The van der Waals surface area contributed by atoms with Crippen molar-refractivity contribution in [1.82, 2.24) is 4.31 Å². The number of rotatable bonds is 7. The van der Waals surface area contributed by atoms with Gasteiger partial charge < -0.3 is 5.11 Å².